The van der Waals surface area contributed by atoms with Gasteiger partial charge in [-0.25, -0.2) is 4.79 Å². The monoisotopic (exact) mass is 417 g/mol. The first-order valence-corrected chi connectivity index (χ1v) is 10.6. The van der Waals surface area contributed by atoms with Gasteiger partial charge in [0.2, 0.25) is 0 Å². The van der Waals surface area contributed by atoms with E-state index in [-0.39, 0.29) is 18.0 Å². The first-order valence-electron chi connectivity index (χ1n) is 9.15. The van der Waals surface area contributed by atoms with E-state index in [2.05, 4.69) is 5.32 Å². The fraction of sp³-hybridized carbons (Fsp3) is 0.286. The van der Waals surface area contributed by atoms with Crippen LogP contribution in [0.15, 0.2) is 65.6 Å². The number of ether oxygens (including phenoxy) is 2. The van der Waals surface area contributed by atoms with Crippen LogP contribution in [0.2, 0.25) is 0 Å². The Morgan fingerprint density at radius 1 is 1.28 bits per heavy atom. The van der Waals surface area contributed by atoms with Crippen molar-refractivity contribution in [3.8, 4) is 0 Å². The summed E-state index contributed by atoms with van der Waals surface area (Å²) in [6.07, 6.45) is 2.58. The molecule has 0 saturated heterocycles. The van der Waals surface area contributed by atoms with Crippen molar-refractivity contribution in [1.29, 1.82) is 0 Å². The van der Waals surface area contributed by atoms with Gasteiger partial charge in [0.25, 0.3) is 10.1 Å². The molecule has 29 heavy (non-hydrogen) atoms. The predicted molar refractivity (Wildman–Crippen MR) is 107 cm³/mol. The van der Waals surface area contributed by atoms with E-state index in [1.165, 1.54) is 6.07 Å². The third kappa shape index (κ3) is 5.66. The third-order valence-electron chi connectivity index (χ3n) is 4.63. The largest absolute Gasteiger partial charge is 0.445 e. The number of carbonyl (C=O) groups is 1. The summed E-state index contributed by atoms with van der Waals surface area (Å²) in [5.41, 5.74) is 2.06. The number of alkyl carbamates (subject to hydrolysis) is 1. The summed E-state index contributed by atoms with van der Waals surface area (Å²) in [7, 11) is -4.43. The number of rotatable bonds is 7. The van der Waals surface area contributed by atoms with Gasteiger partial charge in [0.1, 0.15) is 6.61 Å². The Hall–Kier alpha value is -2.68. The van der Waals surface area contributed by atoms with E-state index < -0.39 is 28.2 Å². The molecule has 0 radical (unpaired) electrons. The lowest BCUT2D eigenvalue weighted by molar-refractivity contribution is 0.101. The van der Waals surface area contributed by atoms with Crippen LogP contribution in [0.3, 0.4) is 0 Å². The van der Waals surface area contributed by atoms with Gasteiger partial charge in [0.05, 0.1) is 17.6 Å². The van der Waals surface area contributed by atoms with Crippen LogP contribution < -0.4 is 5.32 Å². The van der Waals surface area contributed by atoms with Crippen molar-refractivity contribution in [2.45, 2.75) is 30.4 Å². The molecule has 1 amide bonds. The van der Waals surface area contributed by atoms with E-state index >= 15 is 0 Å². The van der Waals surface area contributed by atoms with Gasteiger partial charge in [0.15, 0.2) is 0 Å². The zero-order valence-corrected chi connectivity index (χ0v) is 16.8. The average molecular weight is 417 g/mol. The summed E-state index contributed by atoms with van der Waals surface area (Å²) in [4.78, 5) is 12.0. The van der Waals surface area contributed by atoms with E-state index in [0.717, 1.165) is 11.1 Å². The number of hydrogen-bond acceptors (Lipinski definition) is 5. The number of benzene rings is 2. The van der Waals surface area contributed by atoms with Gasteiger partial charge in [-0.2, -0.15) is 8.42 Å². The van der Waals surface area contributed by atoms with E-state index in [1.54, 1.807) is 12.1 Å². The fourth-order valence-electron chi connectivity index (χ4n) is 3.23. The molecule has 1 heterocycles. The first-order chi connectivity index (χ1) is 13.8. The summed E-state index contributed by atoms with van der Waals surface area (Å²) >= 11 is 0. The number of aryl methyl sites for hydroxylation is 1. The Morgan fingerprint density at radius 2 is 2.03 bits per heavy atom. The topological polar surface area (TPSA) is 102 Å². The van der Waals surface area contributed by atoms with Crippen LogP contribution in [0.1, 0.15) is 22.6 Å². The molecular weight excluding hydrogens is 394 g/mol. The molecule has 154 valence electrons. The van der Waals surface area contributed by atoms with E-state index in [0.29, 0.717) is 12.2 Å². The summed E-state index contributed by atoms with van der Waals surface area (Å²) in [5.74, 6) is -0.519. The minimum atomic E-state index is -4.43. The lowest BCUT2D eigenvalue weighted by Gasteiger charge is -2.25. The van der Waals surface area contributed by atoms with Gasteiger partial charge in [-0.3, -0.25) is 4.55 Å². The summed E-state index contributed by atoms with van der Waals surface area (Å²) in [6.45, 7) is 2.42. The van der Waals surface area contributed by atoms with Crippen molar-refractivity contribution >= 4 is 16.2 Å². The molecule has 2 aromatic rings. The van der Waals surface area contributed by atoms with Crippen molar-refractivity contribution < 1.29 is 27.2 Å². The molecule has 2 atom stereocenters. The standard InChI is InChI=1S/C21H23NO6S/c1-15-9-10-20(29(24,25)26)17(12-15)18(19-8-5-11-27-19)13-22-21(23)28-14-16-6-3-2-4-7-16/h2-10,12,18-19H,11,13-14H2,1H3,(H,22,23)(H,24,25,26)/t18-,19-/m0/s1. The molecule has 0 spiro atoms. The number of hydrogen-bond donors (Lipinski definition) is 2. The van der Waals surface area contributed by atoms with Crippen molar-refractivity contribution in [2.24, 2.45) is 0 Å². The smallest absolute Gasteiger partial charge is 0.407 e. The van der Waals surface area contributed by atoms with Gasteiger partial charge in [-0.1, -0.05) is 60.2 Å². The molecule has 1 aliphatic rings. The minimum Gasteiger partial charge on any atom is -0.445 e. The predicted octanol–water partition coefficient (Wildman–Crippen LogP) is 3.21. The van der Waals surface area contributed by atoms with Crippen LogP contribution in [-0.2, 0) is 26.2 Å². The van der Waals surface area contributed by atoms with Gasteiger partial charge >= 0.3 is 6.09 Å². The summed E-state index contributed by atoms with van der Waals surface area (Å²) in [5, 5.41) is 2.68. The highest BCUT2D eigenvalue weighted by Crippen LogP contribution is 2.31. The Balaban J connectivity index is 1.76. The molecule has 3 rings (SSSR count). The van der Waals surface area contributed by atoms with Crippen LogP contribution in [0.4, 0.5) is 4.79 Å². The molecule has 1 aliphatic heterocycles. The van der Waals surface area contributed by atoms with Crippen molar-refractivity contribution in [3.05, 3.63) is 77.4 Å². The van der Waals surface area contributed by atoms with Crippen LogP contribution in [0.25, 0.3) is 0 Å². The molecule has 8 heteroatoms. The SMILES string of the molecule is Cc1ccc(S(=O)(=O)O)c([C@H](CNC(=O)OCc2ccccc2)[C@@H]2C=CCO2)c1. The molecule has 0 aliphatic carbocycles. The quantitative estimate of drug-likeness (QED) is 0.530. The van der Waals surface area contributed by atoms with Crippen molar-refractivity contribution in [3.63, 3.8) is 0 Å². The Labute approximate surface area is 170 Å². The Morgan fingerprint density at radius 3 is 2.69 bits per heavy atom. The number of nitrogens with one attached hydrogen (secondary N) is 1. The highest BCUT2D eigenvalue weighted by atomic mass is 32.2. The van der Waals surface area contributed by atoms with Gasteiger partial charge < -0.3 is 14.8 Å². The maximum absolute atomic E-state index is 12.2. The highest BCUT2D eigenvalue weighted by Gasteiger charge is 2.30. The molecule has 0 aromatic heterocycles. The second kappa shape index (κ2) is 9.21. The summed E-state index contributed by atoms with van der Waals surface area (Å²) < 4.78 is 44.3. The summed E-state index contributed by atoms with van der Waals surface area (Å²) in [6, 6.07) is 13.9. The van der Waals surface area contributed by atoms with Crippen molar-refractivity contribution in [2.75, 3.05) is 13.2 Å². The molecule has 2 aromatic carbocycles. The van der Waals surface area contributed by atoms with E-state index in [4.69, 9.17) is 9.47 Å². The second-order valence-corrected chi connectivity index (χ2v) is 8.18. The van der Waals surface area contributed by atoms with E-state index in [1.807, 2.05) is 49.4 Å². The zero-order chi connectivity index (χ0) is 20.9. The maximum Gasteiger partial charge on any atom is 0.407 e. The Kier molecular flexibility index (Phi) is 6.68. The molecule has 0 fully saturated rings. The third-order valence-corrected chi connectivity index (χ3v) is 5.56. The minimum absolute atomic E-state index is 0.0780. The van der Waals surface area contributed by atoms with Gasteiger partial charge in [-0.15, -0.1) is 0 Å². The van der Waals surface area contributed by atoms with Gasteiger partial charge in [-0.05, 0) is 24.1 Å². The molecule has 7 nitrogen and oxygen atoms in total. The zero-order valence-electron chi connectivity index (χ0n) is 15.9. The van der Waals surface area contributed by atoms with E-state index in [9.17, 15) is 17.8 Å². The molecule has 0 bridgehead atoms. The fourth-order valence-corrected chi connectivity index (χ4v) is 3.97. The first kappa shape index (κ1) is 21.0. The van der Waals surface area contributed by atoms with Crippen LogP contribution in [0, 0.1) is 6.92 Å². The number of carbonyl (C=O) groups excluding carboxylic acids is 1. The molecular formula is C21H23NO6S. The lowest BCUT2D eigenvalue weighted by atomic mass is 9.92. The average Bonchev–Trinajstić information content (AvgIpc) is 3.21. The molecule has 0 saturated carbocycles. The molecule has 2 N–H and O–H groups in total. The lowest BCUT2D eigenvalue weighted by Crippen LogP contribution is -2.34. The van der Waals surface area contributed by atoms with Crippen molar-refractivity contribution in [1.82, 2.24) is 5.32 Å². The second-order valence-electron chi connectivity index (χ2n) is 6.79. The maximum atomic E-state index is 12.2. The van der Waals surface area contributed by atoms with Crippen LogP contribution >= 0.6 is 0 Å². The number of amides is 1. The van der Waals surface area contributed by atoms with Gasteiger partial charge in [0, 0.05) is 12.5 Å². The van der Waals surface area contributed by atoms with Crippen LogP contribution in [0.5, 0.6) is 0 Å². The Bertz CT molecular complexity index is 987. The highest BCUT2D eigenvalue weighted by molar-refractivity contribution is 7.85. The normalized spacial score (nSPS) is 17.1. The van der Waals surface area contributed by atoms with Crippen LogP contribution in [-0.4, -0.2) is 38.3 Å². The molecule has 0 unspecified atom stereocenters.